The highest BCUT2D eigenvalue weighted by Gasteiger charge is 1.96. The van der Waals surface area contributed by atoms with E-state index >= 15 is 0 Å². The Kier molecular flexibility index (Phi) is 2.11. The summed E-state index contributed by atoms with van der Waals surface area (Å²) in [6.45, 7) is 0. The van der Waals surface area contributed by atoms with Crippen molar-refractivity contribution < 1.29 is 4.79 Å². The summed E-state index contributed by atoms with van der Waals surface area (Å²) in [7, 11) is 1.68. The third-order valence-electron chi connectivity index (χ3n) is 1.44. The first-order chi connectivity index (χ1) is 5.24. The first-order valence-electron chi connectivity index (χ1n) is 3.27. The monoisotopic (exact) mass is 150 g/mol. The Morgan fingerprint density at radius 3 is 2.82 bits per heavy atom. The van der Waals surface area contributed by atoms with Gasteiger partial charge < -0.3 is 10.6 Å². The van der Waals surface area contributed by atoms with Crippen LogP contribution in [0.3, 0.4) is 0 Å². The number of anilines is 2. The summed E-state index contributed by atoms with van der Waals surface area (Å²) in [6, 6.07) is 7.16. The Morgan fingerprint density at radius 1 is 1.55 bits per heavy atom. The van der Waals surface area contributed by atoms with Gasteiger partial charge in [-0.2, -0.15) is 0 Å². The van der Waals surface area contributed by atoms with Crippen molar-refractivity contribution in [1.82, 2.24) is 0 Å². The molecule has 0 radical (unpaired) electrons. The lowest BCUT2D eigenvalue weighted by molar-refractivity contribution is -0.107. The predicted octanol–water partition coefficient (Wildman–Crippen LogP) is 0.861. The number of nitrogens with two attached hydrogens (primary N) is 1. The quantitative estimate of drug-likeness (QED) is 0.502. The summed E-state index contributed by atoms with van der Waals surface area (Å²) >= 11 is 0. The van der Waals surface area contributed by atoms with Crippen molar-refractivity contribution in [2.75, 3.05) is 17.7 Å². The fourth-order valence-electron chi connectivity index (χ4n) is 0.805. The fourth-order valence-corrected chi connectivity index (χ4v) is 0.805. The topological polar surface area (TPSA) is 46.3 Å². The molecule has 0 bridgehead atoms. The van der Waals surface area contributed by atoms with Gasteiger partial charge in [0.15, 0.2) is 0 Å². The third kappa shape index (κ3) is 1.70. The molecule has 0 aliphatic heterocycles. The lowest BCUT2D eigenvalue weighted by Gasteiger charge is -2.09. The first kappa shape index (κ1) is 7.60. The van der Waals surface area contributed by atoms with E-state index in [0.29, 0.717) is 5.69 Å². The van der Waals surface area contributed by atoms with Crippen LogP contribution in [0.2, 0.25) is 0 Å². The number of benzene rings is 1. The van der Waals surface area contributed by atoms with Gasteiger partial charge in [0.05, 0.1) is 0 Å². The second kappa shape index (κ2) is 3.05. The summed E-state index contributed by atoms with van der Waals surface area (Å²) in [5.74, 6) is 0. The van der Waals surface area contributed by atoms with Gasteiger partial charge in [0, 0.05) is 18.4 Å². The van der Waals surface area contributed by atoms with Gasteiger partial charge in [-0.1, -0.05) is 6.07 Å². The second-order valence-electron chi connectivity index (χ2n) is 2.31. The number of nitrogens with zero attached hydrogens (tertiary/aromatic N) is 1. The summed E-state index contributed by atoms with van der Waals surface area (Å²) in [5, 5.41) is 0. The summed E-state index contributed by atoms with van der Waals surface area (Å²) in [6.07, 6.45) is 0.745. The van der Waals surface area contributed by atoms with Crippen LogP contribution in [0.5, 0.6) is 0 Å². The summed E-state index contributed by atoms with van der Waals surface area (Å²) < 4.78 is 0. The highest BCUT2D eigenvalue weighted by Crippen LogP contribution is 2.13. The molecule has 0 atom stereocenters. The molecule has 1 rings (SSSR count). The molecular formula is C8H10N2O. The van der Waals surface area contributed by atoms with Crippen LogP contribution in [0.25, 0.3) is 0 Å². The normalized spacial score (nSPS) is 9.18. The van der Waals surface area contributed by atoms with Crippen LogP contribution in [0.1, 0.15) is 0 Å². The molecular weight excluding hydrogens is 140 g/mol. The standard InChI is InChI=1S/C8H10N2O/c1-10(6-11)8-4-2-3-7(9)5-8/h2-6H,9H2,1H3. The Hall–Kier alpha value is -1.51. The average Bonchev–Trinajstić information content (AvgIpc) is 2.03. The molecule has 1 amide bonds. The molecule has 0 saturated heterocycles. The SMILES string of the molecule is CN(C=O)c1cccc(N)c1. The Labute approximate surface area is 65.4 Å². The number of nitrogen functional groups attached to an aromatic ring is 1. The molecule has 58 valence electrons. The maximum atomic E-state index is 10.3. The molecule has 0 spiro atoms. The molecule has 2 N–H and O–H groups in total. The Morgan fingerprint density at radius 2 is 2.27 bits per heavy atom. The molecule has 0 aromatic heterocycles. The molecule has 3 heteroatoms. The molecule has 0 heterocycles. The minimum Gasteiger partial charge on any atom is -0.399 e. The number of hydrogen-bond donors (Lipinski definition) is 1. The van der Waals surface area contributed by atoms with E-state index in [4.69, 9.17) is 5.73 Å². The van der Waals surface area contributed by atoms with Gasteiger partial charge in [0.1, 0.15) is 0 Å². The minimum atomic E-state index is 0.663. The van der Waals surface area contributed by atoms with Crippen LogP contribution in [0, 0.1) is 0 Å². The largest absolute Gasteiger partial charge is 0.399 e. The summed E-state index contributed by atoms with van der Waals surface area (Å²) in [4.78, 5) is 11.8. The van der Waals surface area contributed by atoms with Crippen molar-refractivity contribution in [2.24, 2.45) is 0 Å². The highest BCUT2D eigenvalue weighted by molar-refractivity contribution is 5.75. The number of amides is 1. The zero-order valence-corrected chi connectivity index (χ0v) is 6.32. The fraction of sp³-hybridized carbons (Fsp3) is 0.125. The van der Waals surface area contributed by atoms with Gasteiger partial charge in [-0.15, -0.1) is 0 Å². The van der Waals surface area contributed by atoms with Crippen LogP contribution in [0.4, 0.5) is 11.4 Å². The molecule has 0 fully saturated rings. The lowest BCUT2D eigenvalue weighted by Crippen LogP contribution is -2.13. The predicted molar refractivity (Wildman–Crippen MR) is 45.3 cm³/mol. The van der Waals surface area contributed by atoms with Gasteiger partial charge in [-0.25, -0.2) is 0 Å². The van der Waals surface area contributed by atoms with E-state index < -0.39 is 0 Å². The molecule has 11 heavy (non-hydrogen) atoms. The molecule has 0 aliphatic rings. The lowest BCUT2D eigenvalue weighted by atomic mass is 10.3. The maximum Gasteiger partial charge on any atom is 0.213 e. The first-order valence-corrected chi connectivity index (χ1v) is 3.27. The van der Waals surface area contributed by atoms with E-state index in [9.17, 15) is 4.79 Å². The zero-order chi connectivity index (χ0) is 8.27. The molecule has 0 unspecified atom stereocenters. The van der Waals surface area contributed by atoms with Crippen LogP contribution in [-0.2, 0) is 4.79 Å². The number of rotatable bonds is 2. The van der Waals surface area contributed by atoms with E-state index in [1.165, 1.54) is 4.90 Å². The highest BCUT2D eigenvalue weighted by atomic mass is 16.1. The average molecular weight is 150 g/mol. The van der Waals surface area contributed by atoms with E-state index in [2.05, 4.69) is 0 Å². The molecule has 1 aromatic carbocycles. The molecule has 0 aliphatic carbocycles. The number of carbonyl (C=O) groups is 1. The molecule has 0 saturated carbocycles. The smallest absolute Gasteiger partial charge is 0.213 e. The zero-order valence-electron chi connectivity index (χ0n) is 6.32. The van der Waals surface area contributed by atoms with Crippen molar-refractivity contribution in [3.05, 3.63) is 24.3 Å². The van der Waals surface area contributed by atoms with Gasteiger partial charge in [0.2, 0.25) is 6.41 Å². The van der Waals surface area contributed by atoms with Gasteiger partial charge >= 0.3 is 0 Å². The van der Waals surface area contributed by atoms with E-state index in [1.807, 2.05) is 12.1 Å². The van der Waals surface area contributed by atoms with Crippen molar-refractivity contribution in [3.63, 3.8) is 0 Å². The Bertz CT molecular complexity index is 260. The summed E-state index contributed by atoms with van der Waals surface area (Å²) in [5.41, 5.74) is 6.98. The molecule has 1 aromatic rings. The number of carbonyl (C=O) groups excluding carboxylic acids is 1. The van der Waals surface area contributed by atoms with Gasteiger partial charge in [0.25, 0.3) is 0 Å². The van der Waals surface area contributed by atoms with Crippen LogP contribution >= 0.6 is 0 Å². The third-order valence-corrected chi connectivity index (χ3v) is 1.44. The van der Waals surface area contributed by atoms with Gasteiger partial charge in [-0.3, -0.25) is 4.79 Å². The van der Waals surface area contributed by atoms with Crippen molar-refractivity contribution in [2.45, 2.75) is 0 Å². The van der Waals surface area contributed by atoms with E-state index in [0.717, 1.165) is 12.1 Å². The Balaban J connectivity index is 2.95. The van der Waals surface area contributed by atoms with E-state index in [1.54, 1.807) is 19.2 Å². The van der Waals surface area contributed by atoms with E-state index in [-0.39, 0.29) is 0 Å². The minimum absolute atomic E-state index is 0.663. The van der Waals surface area contributed by atoms with Crippen LogP contribution in [0.15, 0.2) is 24.3 Å². The molecule has 3 nitrogen and oxygen atoms in total. The van der Waals surface area contributed by atoms with Crippen molar-refractivity contribution in [1.29, 1.82) is 0 Å². The number of hydrogen-bond acceptors (Lipinski definition) is 2. The van der Waals surface area contributed by atoms with Crippen LogP contribution in [-0.4, -0.2) is 13.5 Å². The van der Waals surface area contributed by atoms with Gasteiger partial charge in [-0.05, 0) is 18.2 Å². The second-order valence-corrected chi connectivity index (χ2v) is 2.31. The maximum absolute atomic E-state index is 10.3. The van der Waals surface area contributed by atoms with Crippen LogP contribution < -0.4 is 10.6 Å². The van der Waals surface area contributed by atoms with Crippen molar-refractivity contribution in [3.8, 4) is 0 Å². The van der Waals surface area contributed by atoms with Crippen molar-refractivity contribution >= 4 is 17.8 Å².